The van der Waals surface area contributed by atoms with Gasteiger partial charge in [0.05, 0.1) is 34.5 Å². The van der Waals surface area contributed by atoms with Gasteiger partial charge >= 0.3 is 0 Å². The average molecular weight is 420 g/mol. The van der Waals surface area contributed by atoms with Gasteiger partial charge in [-0.2, -0.15) is 5.10 Å². The van der Waals surface area contributed by atoms with Gasteiger partial charge in [-0.3, -0.25) is 9.59 Å². The molecule has 0 atom stereocenters. The summed E-state index contributed by atoms with van der Waals surface area (Å²) < 4.78 is 6.72. The van der Waals surface area contributed by atoms with Crippen LogP contribution in [0.15, 0.2) is 71.5 Å². The largest absolute Gasteiger partial charge is 0.495 e. The maximum Gasteiger partial charge on any atom is 0.274 e. The molecule has 30 heavy (non-hydrogen) atoms. The third kappa shape index (κ3) is 3.53. The second-order valence-electron chi connectivity index (χ2n) is 6.67. The second-order valence-corrected chi connectivity index (χ2v) is 7.08. The van der Waals surface area contributed by atoms with Crippen LogP contribution in [-0.2, 0) is 7.05 Å². The smallest absolute Gasteiger partial charge is 0.274 e. The first kappa shape index (κ1) is 19.7. The van der Waals surface area contributed by atoms with E-state index in [2.05, 4.69) is 10.4 Å². The molecule has 6 nitrogen and oxygen atoms in total. The van der Waals surface area contributed by atoms with Crippen molar-refractivity contribution < 1.29 is 9.53 Å². The summed E-state index contributed by atoms with van der Waals surface area (Å²) in [6, 6.07) is 19.5. The average Bonchev–Trinajstić information content (AvgIpc) is 2.76. The van der Waals surface area contributed by atoms with Crippen LogP contribution in [0.2, 0.25) is 5.02 Å². The third-order valence-corrected chi connectivity index (χ3v) is 5.13. The van der Waals surface area contributed by atoms with Crippen LogP contribution >= 0.6 is 11.6 Å². The standard InChI is InChI=1S/C23H18ClN3O3/c1-27-23(29)16-8-4-3-7-15(16)21(26-27)14-11-12-20(30-2)19(13-14)25-22(28)17-9-5-6-10-18(17)24/h3-13H,1-2H3,(H,25,28). The van der Waals surface area contributed by atoms with E-state index in [4.69, 9.17) is 16.3 Å². The summed E-state index contributed by atoms with van der Waals surface area (Å²) in [5.74, 6) is 0.141. The lowest BCUT2D eigenvalue weighted by molar-refractivity contribution is 0.102. The first-order chi connectivity index (χ1) is 14.5. The lowest BCUT2D eigenvalue weighted by Gasteiger charge is -2.14. The van der Waals surface area contributed by atoms with Crippen molar-refractivity contribution in [2.75, 3.05) is 12.4 Å². The molecule has 1 amide bonds. The number of fused-ring (bicyclic) bond motifs is 1. The Bertz CT molecular complexity index is 1330. The number of rotatable bonds is 4. The number of amides is 1. The predicted molar refractivity (Wildman–Crippen MR) is 118 cm³/mol. The van der Waals surface area contributed by atoms with Gasteiger partial charge in [0.15, 0.2) is 0 Å². The molecule has 150 valence electrons. The van der Waals surface area contributed by atoms with Crippen molar-refractivity contribution in [3.05, 3.63) is 87.7 Å². The SMILES string of the molecule is COc1ccc(-c2nn(C)c(=O)c3ccccc23)cc1NC(=O)c1ccccc1Cl. The molecule has 3 aromatic carbocycles. The van der Waals surface area contributed by atoms with Crippen LogP contribution in [0.4, 0.5) is 5.69 Å². The second kappa shape index (κ2) is 8.00. The fourth-order valence-electron chi connectivity index (χ4n) is 3.30. The number of methoxy groups -OCH3 is 1. The topological polar surface area (TPSA) is 73.2 Å². The number of ether oxygens (including phenoxy) is 1. The third-order valence-electron chi connectivity index (χ3n) is 4.80. The van der Waals surface area contributed by atoms with Crippen molar-refractivity contribution in [3.63, 3.8) is 0 Å². The summed E-state index contributed by atoms with van der Waals surface area (Å²) in [4.78, 5) is 25.2. The Morgan fingerprint density at radius 1 is 1.03 bits per heavy atom. The highest BCUT2D eigenvalue weighted by Crippen LogP contribution is 2.33. The number of aromatic nitrogens is 2. The number of anilines is 1. The summed E-state index contributed by atoms with van der Waals surface area (Å²) in [6.45, 7) is 0. The van der Waals surface area contributed by atoms with E-state index in [-0.39, 0.29) is 11.5 Å². The van der Waals surface area contributed by atoms with E-state index in [1.54, 1.807) is 49.5 Å². The first-order valence-corrected chi connectivity index (χ1v) is 9.57. The van der Waals surface area contributed by atoms with E-state index < -0.39 is 0 Å². The maximum absolute atomic E-state index is 12.7. The minimum Gasteiger partial charge on any atom is -0.495 e. The quantitative estimate of drug-likeness (QED) is 0.528. The lowest BCUT2D eigenvalue weighted by atomic mass is 10.0. The molecule has 1 heterocycles. The van der Waals surface area contributed by atoms with Gasteiger partial charge in [0.25, 0.3) is 11.5 Å². The van der Waals surface area contributed by atoms with E-state index in [1.807, 2.05) is 24.3 Å². The zero-order valence-electron chi connectivity index (χ0n) is 16.3. The van der Waals surface area contributed by atoms with Crippen LogP contribution in [-0.4, -0.2) is 22.8 Å². The molecular weight excluding hydrogens is 402 g/mol. The number of nitrogens with one attached hydrogen (secondary N) is 1. The molecule has 0 aliphatic carbocycles. The van der Waals surface area contributed by atoms with Crippen molar-refractivity contribution in [2.24, 2.45) is 7.05 Å². The minimum absolute atomic E-state index is 0.171. The molecule has 0 aliphatic heterocycles. The van der Waals surface area contributed by atoms with Gasteiger partial charge < -0.3 is 10.1 Å². The molecule has 1 N–H and O–H groups in total. The highest BCUT2D eigenvalue weighted by atomic mass is 35.5. The van der Waals surface area contributed by atoms with E-state index in [0.29, 0.717) is 33.1 Å². The number of aryl methyl sites for hydroxylation is 1. The van der Waals surface area contributed by atoms with Crippen LogP contribution in [0.25, 0.3) is 22.0 Å². The molecule has 0 aliphatic rings. The molecule has 0 fully saturated rings. The van der Waals surface area contributed by atoms with Crippen LogP contribution in [0.1, 0.15) is 10.4 Å². The zero-order chi connectivity index (χ0) is 21.3. The molecular formula is C23H18ClN3O3. The van der Waals surface area contributed by atoms with Gasteiger partial charge in [0.2, 0.25) is 0 Å². The van der Waals surface area contributed by atoms with E-state index in [9.17, 15) is 9.59 Å². The van der Waals surface area contributed by atoms with Gasteiger partial charge in [-0.15, -0.1) is 0 Å². The van der Waals surface area contributed by atoms with Crippen LogP contribution in [0, 0.1) is 0 Å². The molecule has 0 saturated carbocycles. The molecule has 7 heteroatoms. The zero-order valence-corrected chi connectivity index (χ0v) is 17.1. The summed E-state index contributed by atoms with van der Waals surface area (Å²) >= 11 is 6.15. The van der Waals surface area contributed by atoms with Crippen molar-refractivity contribution in [3.8, 4) is 17.0 Å². The number of carbonyl (C=O) groups excluding carboxylic acids is 1. The van der Waals surface area contributed by atoms with Gasteiger partial charge in [-0.25, -0.2) is 4.68 Å². The van der Waals surface area contributed by atoms with Gasteiger partial charge in [-0.1, -0.05) is 41.9 Å². The van der Waals surface area contributed by atoms with Crippen LogP contribution < -0.4 is 15.6 Å². The lowest BCUT2D eigenvalue weighted by Crippen LogP contribution is -2.20. The highest BCUT2D eigenvalue weighted by Gasteiger charge is 2.16. The summed E-state index contributed by atoms with van der Waals surface area (Å²) in [5, 5.41) is 8.97. The monoisotopic (exact) mass is 419 g/mol. The fourth-order valence-corrected chi connectivity index (χ4v) is 3.52. The number of nitrogens with zero attached hydrogens (tertiary/aromatic N) is 2. The minimum atomic E-state index is -0.352. The Morgan fingerprint density at radius 3 is 2.47 bits per heavy atom. The number of benzene rings is 3. The van der Waals surface area contributed by atoms with E-state index >= 15 is 0 Å². The fraction of sp³-hybridized carbons (Fsp3) is 0.0870. The normalized spacial score (nSPS) is 10.8. The Labute approximate surface area is 177 Å². The number of hydrogen-bond acceptors (Lipinski definition) is 4. The summed E-state index contributed by atoms with van der Waals surface area (Å²) in [6.07, 6.45) is 0. The van der Waals surface area contributed by atoms with Gasteiger partial charge in [0, 0.05) is 18.0 Å². The van der Waals surface area contributed by atoms with Crippen molar-refractivity contribution in [1.82, 2.24) is 9.78 Å². The van der Waals surface area contributed by atoms with Gasteiger partial charge in [0.1, 0.15) is 5.75 Å². The molecule has 0 bridgehead atoms. The molecule has 4 aromatic rings. The van der Waals surface area contributed by atoms with E-state index in [1.165, 1.54) is 11.8 Å². The first-order valence-electron chi connectivity index (χ1n) is 9.20. The number of hydrogen-bond donors (Lipinski definition) is 1. The molecule has 0 spiro atoms. The number of carbonyl (C=O) groups is 1. The van der Waals surface area contributed by atoms with Crippen molar-refractivity contribution in [2.45, 2.75) is 0 Å². The van der Waals surface area contributed by atoms with Crippen LogP contribution in [0.3, 0.4) is 0 Å². The molecule has 0 saturated heterocycles. The molecule has 0 unspecified atom stereocenters. The summed E-state index contributed by atoms with van der Waals surface area (Å²) in [7, 11) is 3.14. The Balaban J connectivity index is 1.82. The van der Waals surface area contributed by atoms with Gasteiger partial charge in [-0.05, 0) is 36.4 Å². The van der Waals surface area contributed by atoms with Crippen molar-refractivity contribution in [1.29, 1.82) is 0 Å². The van der Waals surface area contributed by atoms with E-state index in [0.717, 1.165) is 10.9 Å². The molecule has 4 rings (SSSR count). The number of halogens is 1. The predicted octanol–water partition coefficient (Wildman–Crippen LogP) is 4.51. The highest BCUT2D eigenvalue weighted by molar-refractivity contribution is 6.34. The van der Waals surface area contributed by atoms with Crippen LogP contribution in [0.5, 0.6) is 5.75 Å². The Morgan fingerprint density at radius 2 is 1.73 bits per heavy atom. The maximum atomic E-state index is 12.7. The molecule has 0 radical (unpaired) electrons. The summed E-state index contributed by atoms with van der Waals surface area (Å²) in [5.41, 5.74) is 2.02. The Hall–Kier alpha value is -3.64. The van der Waals surface area contributed by atoms with Crippen molar-refractivity contribution >= 4 is 34.0 Å². The Kier molecular flexibility index (Phi) is 5.25. The molecule has 1 aromatic heterocycles.